The first-order valence-electron chi connectivity index (χ1n) is 4.42. The molecule has 2 heterocycles. The van der Waals surface area contributed by atoms with Gasteiger partial charge in [-0.1, -0.05) is 11.8 Å². The predicted octanol–water partition coefficient (Wildman–Crippen LogP) is 0.870. The topological polar surface area (TPSA) is 87.1 Å². The molecule has 0 bridgehead atoms. The van der Waals surface area contributed by atoms with Crippen LogP contribution >= 0.6 is 11.8 Å². The third kappa shape index (κ3) is 2.27. The number of aromatic nitrogens is 2. The van der Waals surface area contributed by atoms with Crippen LogP contribution in [0.4, 0.5) is 11.6 Å². The summed E-state index contributed by atoms with van der Waals surface area (Å²) in [5.74, 6) is 0.802. The molecule has 0 aromatic carbocycles. The molecule has 0 aliphatic carbocycles. The number of ether oxygens (including phenoxy) is 1. The highest BCUT2D eigenvalue weighted by atomic mass is 32.2. The smallest absolute Gasteiger partial charge is 0.193 e. The molecule has 0 amide bonds. The van der Waals surface area contributed by atoms with Crippen LogP contribution in [0.15, 0.2) is 11.2 Å². The van der Waals surface area contributed by atoms with Crippen molar-refractivity contribution in [3.05, 3.63) is 6.07 Å². The number of nitrogen functional groups attached to an aromatic ring is 2. The molecule has 1 aromatic rings. The Morgan fingerprint density at radius 2 is 2.07 bits per heavy atom. The summed E-state index contributed by atoms with van der Waals surface area (Å²) in [4.78, 5) is 8.13. The van der Waals surface area contributed by atoms with Gasteiger partial charge in [-0.05, 0) is 12.8 Å². The Kier molecular flexibility index (Phi) is 2.74. The summed E-state index contributed by atoms with van der Waals surface area (Å²) in [5.41, 5.74) is 11.2. The highest BCUT2D eigenvalue weighted by Gasteiger charge is 2.18. The number of hydrogen-bond donors (Lipinski definition) is 2. The van der Waals surface area contributed by atoms with Crippen LogP contribution in [0.25, 0.3) is 0 Å². The van der Waals surface area contributed by atoms with Crippen molar-refractivity contribution in [1.82, 2.24) is 9.97 Å². The molecule has 1 unspecified atom stereocenters. The van der Waals surface area contributed by atoms with Crippen LogP contribution in [0.3, 0.4) is 0 Å². The zero-order chi connectivity index (χ0) is 9.97. The molecule has 1 fully saturated rings. The van der Waals surface area contributed by atoms with Crippen molar-refractivity contribution in [3.8, 4) is 0 Å². The van der Waals surface area contributed by atoms with Crippen LogP contribution in [-0.4, -0.2) is 22.0 Å². The summed E-state index contributed by atoms with van der Waals surface area (Å²) in [7, 11) is 0. The van der Waals surface area contributed by atoms with E-state index >= 15 is 0 Å². The Labute approximate surface area is 86.2 Å². The SMILES string of the molecule is Nc1cc(N)nc(SC2CCCO2)n1. The summed E-state index contributed by atoms with van der Waals surface area (Å²) >= 11 is 1.48. The lowest BCUT2D eigenvalue weighted by atomic mass is 10.4. The molecular formula is C8H12N4OS. The van der Waals surface area contributed by atoms with Gasteiger partial charge in [-0.3, -0.25) is 0 Å². The number of hydrogen-bond acceptors (Lipinski definition) is 6. The molecule has 1 aliphatic heterocycles. The third-order valence-corrected chi connectivity index (χ3v) is 2.90. The molecule has 14 heavy (non-hydrogen) atoms. The molecule has 0 spiro atoms. The Morgan fingerprint density at radius 1 is 1.36 bits per heavy atom. The molecule has 0 saturated carbocycles. The van der Waals surface area contributed by atoms with E-state index in [4.69, 9.17) is 16.2 Å². The lowest BCUT2D eigenvalue weighted by Gasteiger charge is -2.07. The Bertz CT molecular complexity index is 307. The summed E-state index contributed by atoms with van der Waals surface area (Å²) in [5, 5.41) is 0.592. The number of rotatable bonds is 2. The van der Waals surface area contributed by atoms with Crippen molar-refractivity contribution in [2.45, 2.75) is 23.4 Å². The zero-order valence-electron chi connectivity index (χ0n) is 7.64. The first-order valence-corrected chi connectivity index (χ1v) is 5.30. The van der Waals surface area contributed by atoms with Crippen molar-refractivity contribution in [3.63, 3.8) is 0 Å². The van der Waals surface area contributed by atoms with Gasteiger partial charge in [-0.2, -0.15) is 0 Å². The third-order valence-electron chi connectivity index (χ3n) is 1.87. The van der Waals surface area contributed by atoms with Crippen molar-refractivity contribution in [2.75, 3.05) is 18.1 Å². The van der Waals surface area contributed by atoms with Crippen LogP contribution in [0.1, 0.15) is 12.8 Å². The van der Waals surface area contributed by atoms with E-state index in [1.54, 1.807) is 6.07 Å². The summed E-state index contributed by atoms with van der Waals surface area (Å²) in [6, 6.07) is 1.54. The summed E-state index contributed by atoms with van der Waals surface area (Å²) in [6.07, 6.45) is 2.12. The molecule has 1 aliphatic rings. The average Bonchev–Trinajstić information content (AvgIpc) is 2.54. The van der Waals surface area contributed by atoms with Gasteiger partial charge in [-0.25, -0.2) is 9.97 Å². The fourth-order valence-corrected chi connectivity index (χ4v) is 2.27. The maximum Gasteiger partial charge on any atom is 0.193 e. The number of nitrogens with zero attached hydrogens (tertiary/aromatic N) is 2. The fraction of sp³-hybridized carbons (Fsp3) is 0.500. The number of anilines is 2. The van der Waals surface area contributed by atoms with E-state index in [0.29, 0.717) is 16.8 Å². The van der Waals surface area contributed by atoms with Crippen LogP contribution in [0, 0.1) is 0 Å². The van der Waals surface area contributed by atoms with Crippen molar-refractivity contribution in [1.29, 1.82) is 0 Å². The van der Waals surface area contributed by atoms with Gasteiger partial charge in [-0.15, -0.1) is 0 Å². The molecule has 1 aromatic heterocycles. The Balaban J connectivity index is 2.07. The van der Waals surface area contributed by atoms with Gasteiger partial charge in [0, 0.05) is 12.7 Å². The lowest BCUT2D eigenvalue weighted by Crippen LogP contribution is -2.03. The molecular weight excluding hydrogens is 200 g/mol. The Hall–Kier alpha value is -1.01. The summed E-state index contributed by atoms with van der Waals surface area (Å²) in [6.45, 7) is 0.815. The fourth-order valence-electron chi connectivity index (χ4n) is 1.27. The standard InChI is InChI=1S/C8H12N4OS/c9-5-4-6(10)12-8(11-5)14-7-2-1-3-13-7/h4,7H,1-3H2,(H4,9,10,11,12). The van der Waals surface area contributed by atoms with Gasteiger partial charge >= 0.3 is 0 Å². The van der Waals surface area contributed by atoms with Gasteiger partial charge in [0.05, 0.1) is 0 Å². The van der Waals surface area contributed by atoms with E-state index in [0.717, 1.165) is 19.4 Å². The van der Waals surface area contributed by atoms with Crippen molar-refractivity contribution < 1.29 is 4.74 Å². The van der Waals surface area contributed by atoms with Crippen molar-refractivity contribution >= 4 is 23.4 Å². The molecule has 5 nitrogen and oxygen atoms in total. The second-order valence-electron chi connectivity index (χ2n) is 3.06. The van der Waals surface area contributed by atoms with Crippen LogP contribution in [-0.2, 0) is 4.74 Å². The molecule has 4 N–H and O–H groups in total. The maximum absolute atomic E-state index is 5.55. The number of thioether (sulfide) groups is 1. The predicted molar refractivity (Wildman–Crippen MR) is 55.7 cm³/mol. The average molecular weight is 212 g/mol. The largest absolute Gasteiger partial charge is 0.383 e. The van der Waals surface area contributed by atoms with Crippen LogP contribution < -0.4 is 11.5 Å². The monoisotopic (exact) mass is 212 g/mol. The first kappa shape index (κ1) is 9.54. The second-order valence-corrected chi connectivity index (χ2v) is 4.19. The van der Waals surface area contributed by atoms with E-state index in [-0.39, 0.29) is 5.44 Å². The molecule has 0 radical (unpaired) electrons. The van der Waals surface area contributed by atoms with E-state index in [1.165, 1.54) is 11.8 Å². The van der Waals surface area contributed by atoms with Gasteiger partial charge in [0.1, 0.15) is 17.1 Å². The molecule has 1 saturated heterocycles. The highest BCUT2D eigenvalue weighted by Crippen LogP contribution is 2.29. The Morgan fingerprint density at radius 3 is 2.64 bits per heavy atom. The lowest BCUT2D eigenvalue weighted by molar-refractivity contribution is 0.173. The van der Waals surface area contributed by atoms with Gasteiger partial charge in [0.2, 0.25) is 0 Å². The van der Waals surface area contributed by atoms with Crippen LogP contribution in [0.2, 0.25) is 0 Å². The van der Waals surface area contributed by atoms with Crippen molar-refractivity contribution in [2.24, 2.45) is 0 Å². The first-order chi connectivity index (χ1) is 6.74. The van der Waals surface area contributed by atoms with Crippen LogP contribution in [0.5, 0.6) is 0 Å². The normalized spacial score (nSPS) is 21.3. The second kappa shape index (κ2) is 4.02. The van der Waals surface area contributed by atoms with E-state index < -0.39 is 0 Å². The molecule has 6 heteroatoms. The molecule has 2 rings (SSSR count). The minimum atomic E-state index is 0.149. The minimum Gasteiger partial charge on any atom is -0.383 e. The minimum absolute atomic E-state index is 0.149. The van der Waals surface area contributed by atoms with E-state index in [2.05, 4.69) is 9.97 Å². The van der Waals surface area contributed by atoms with E-state index in [9.17, 15) is 0 Å². The van der Waals surface area contributed by atoms with E-state index in [1.807, 2.05) is 0 Å². The zero-order valence-corrected chi connectivity index (χ0v) is 8.46. The summed E-state index contributed by atoms with van der Waals surface area (Å²) < 4.78 is 5.44. The maximum atomic E-state index is 5.55. The van der Waals surface area contributed by atoms with Gasteiger partial charge in [0.25, 0.3) is 0 Å². The van der Waals surface area contributed by atoms with Gasteiger partial charge in [0.15, 0.2) is 5.16 Å². The quantitative estimate of drug-likeness (QED) is 0.707. The molecule has 76 valence electrons. The number of nitrogens with two attached hydrogens (primary N) is 2. The molecule has 1 atom stereocenters. The van der Waals surface area contributed by atoms with Gasteiger partial charge < -0.3 is 16.2 Å². The highest BCUT2D eigenvalue weighted by molar-refractivity contribution is 7.99.